The molecule has 2 N–H and O–H groups in total. The molecule has 3 aromatic heterocycles. The van der Waals surface area contributed by atoms with Gasteiger partial charge in [-0.2, -0.15) is 5.10 Å². The number of fused-ring (bicyclic) bond motifs is 1. The monoisotopic (exact) mass is 438 g/mol. The van der Waals surface area contributed by atoms with Crippen molar-refractivity contribution in [1.82, 2.24) is 25.1 Å². The van der Waals surface area contributed by atoms with Gasteiger partial charge in [0.25, 0.3) is 0 Å². The van der Waals surface area contributed by atoms with Crippen LogP contribution in [0.25, 0.3) is 33.4 Å². The predicted molar refractivity (Wildman–Crippen MR) is 132 cm³/mol. The number of carbonyl (C=O) groups is 1. The summed E-state index contributed by atoms with van der Waals surface area (Å²) < 4.78 is 1.95. The molecular weight excluding hydrogens is 412 g/mol. The summed E-state index contributed by atoms with van der Waals surface area (Å²) in [5.41, 5.74) is 6.55. The first-order chi connectivity index (χ1) is 16.1. The summed E-state index contributed by atoms with van der Waals surface area (Å²) in [5.74, 6) is 0. The normalized spacial score (nSPS) is 13.2. The molecule has 0 fully saturated rings. The van der Waals surface area contributed by atoms with Crippen molar-refractivity contribution in [2.45, 2.75) is 26.3 Å². The SMILES string of the molecule is CCn1cc(-c2ccnc3[nH]ccc23)c(-c2ccc(N(C)C(=O)NC3=CCCC=C3)cc2)n1. The third kappa shape index (κ3) is 4.05. The van der Waals surface area contributed by atoms with Crippen molar-refractivity contribution in [3.8, 4) is 22.4 Å². The van der Waals surface area contributed by atoms with Crippen LogP contribution >= 0.6 is 0 Å². The molecule has 1 aliphatic carbocycles. The number of nitrogens with one attached hydrogen (secondary N) is 2. The summed E-state index contributed by atoms with van der Waals surface area (Å²) in [5, 5.41) is 8.85. The number of benzene rings is 1. The Balaban J connectivity index is 1.44. The maximum Gasteiger partial charge on any atom is 0.326 e. The van der Waals surface area contributed by atoms with Crippen molar-refractivity contribution in [1.29, 1.82) is 0 Å². The van der Waals surface area contributed by atoms with Gasteiger partial charge in [-0.1, -0.05) is 24.3 Å². The summed E-state index contributed by atoms with van der Waals surface area (Å²) in [6.07, 6.45) is 13.8. The van der Waals surface area contributed by atoms with E-state index >= 15 is 0 Å². The van der Waals surface area contributed by atoms with Gasteiger partial charge >= 0.3 is 6.03 Å². The van der Waals surface area contributed by atoms with Crippen LogP contribution in [-0.4, -0.2) is 32.8 Å². The fourth-order valence-electron chi connectivity index (χ4n) is 4.06. The highest BCUT2D eigenvalue weighted by Gasteiger charge is 2.17. The Morgan fingerprint density at radius 2 is 2.00 bits per heavy atom. The number of hydrogen-bond acceptors (Lipinski definition) is 3. The zero-order valence-electron chi connectivity index (χ0n) is 18.7. The van der Waals surface area contributed by atoms with E-state index in [9.17, 15) is 4.79 Å². The number of aromatic nitrogens is 4. The van der Waals surface area contributed by atoms with Gasteiger partial charge in [0, 0.05) is 60.1 Å². The molecule has 1 aliphatic rings. The van der Waals surface area contributed by atoms with E-state index in [-0.39, 0.29) is 6.03 Å². The molecule has 7 nitrogen and oxygen atoms in total. The van der Waals surface area contributed by atoms with E-state index in [0.717, 1.165) is 64.2 Å². The zero-order valence-corrected chi connectivity index (χ0v) is 18.7. The molecule has 0 saturated heterocycles. The standard InChI is InChI=1S/C26H26N6O/c1-3-32-17-23(21-13-15-27-25-22(21)14-16-28-25)24(30-32)18-9-11-20(12-10-18)31(2)26(33)29-19-7-5-4-6-8-19/h5,7-17H,3-4,6H2,1-2H3,(H,27,28)(H,29,33). The fourth-order valence-corrected chi connectivity index (χ4v) is 4.06. The second-order valence-corrected chi connectivity index (χ2v) is 8.02. The number of hydrogen-bond donors (Lipinski definition) is 2. The minimum atomic E-state index is -0.164. The Morgan fingerprint density at radius 3 is 2.76 bits per heavy atom. The van der Waals surface area contributed by atoms with Crippen molar-refractivity contribution in [3.63, 3.8) is 0 Å². The lowest BCUT2D eigenvalue weighted by Gasteiger charge is -2.19. The summed E-state index contributed by atoms with van der Waals surface area (Å²) in [6.45, 7) is 2.85. The van der Waals surface area contributed by atoms with E-state index in [1.807, 2.05) is 65.6 Å². The van der Waals surface area contributed by atoms with Gasteiger partial charge in [-0.05, 0) is 55.7 Å². The van der Waals surface area contributed by atoms with E-state index in [1.165, 1.54) is 0 Å². The van der Waals surface area contributed by atoms with E-state index < -0.39 is 0 Å². The fraction of sp³-hybridized carbons (Fsp3) is 0.192. The zero-order chi connectivity index (χ0) is 22.8. The molecule has 3 heterocycles. The smallest absolute Gasteiger partial charge is 0.326 e. The first kappa shape index (κ1) is 20.8. The number of aromatic amines is 1. The molecule has 0 aliphatic heterocycles. The van der Waals surface area contributed by atoms with Crippen LogP contribution in [0, 0.1) is 0 Å². The quantitative estimate of drug-likeness (QED) is 0.432. The molecule has 5 rings (SSSR count). The van der Waals surface area contributed by atoms with Crippen LogP contribution in [0.15, 0.2) is 78.9 Å². The molecule has 0 unspecified atom stereocenters. The van der Waals surface area contributed by atoms with Gasteiger partial charge in [-0.3, -0.25) is 9.58 Å². The number of anilines is 1. The first-order valence-corrected chi connectivity index (χ1v) is 11.2. The summed E-state index contributed by atoms with van der Waals surface area (Å²) in [4.78, 5) is 21.9. The molecule has 2 amide bonds. The number of urea groups is 1. The van der Waals surface area contributed by atoms with E-state index in [2.05, 4.69) is 34.5 Å². The van der Waals surface area contributed by atoms with E-state index in [4.69, 9.17) is 5.10 Å². The molecule has 7 heteroatoms. The Kier molecular flexibility index (Phi) is 5.52. The highest BCUT2D eigenvalue weighted by molar-refractivity contribution is 5.97. The van der Waals surface area contributed by atoms with Gasteiger partial charge in [0.2, 0.25) is 0 Å². The van der Waals surface area contributed by atoms with Crippen molar-refractivity contribution in [2.24, 2.45) is 0 Å². The lowest BCUT2D eigenvalue weighted by atomic mass is 10.0. The highest BCUT2D eigenvalue weighted by Crippen LogP contribution is 2.35. The molecule has 0 saturated carbocycles. The first-order valence-electron chi connectivity index (χ1n) is 11.2. The number of allylic oxidation sites excluding steroid dienone is 3. The number of aryl methyl sites for hydroxylation is 1. The minimum Gasteiger partial charge on any atom is -0.346 e. The Hall–Kier alpha value is -4.13. The molecule has 166 valence electrons. The molecule has 0 spiro atoms. The summed E-state index contributed by atoms with van der Waals surface area (Å²) in [6, 6.07) is 11.8. The maximum atomic E-state index is 12.7. The minimum absolute atomic E-state index is 0.164. The average molecular weight is 439 g/mol. The highest BCUT2D eigenvalue weighted by atomic mass is 16.2. The number of amides is 2. The Morgan fingerprint density at radius 1 is 1.15 bits per heavy atom. The Labute approximate surface area is 192 Å². The molecule has 4 aromatic rings. The van der Waals surface area contributed by atoms with Crippen molar-refractivity contribution in [3.05, 3.63) is 78.9 Å². The van der Waals surface area contributed by atoms with Crippen LogP contribution in [0.3, 0.4) is 0 Å². The largest absolute Gasteiger partial charge is 0.346 e. The van der Waals surface area contributed by atoms with Gasteiger partial charge in [-0.25, -0.2) is 9.78 Å². The van der Waals surface area contributed by atoms with Crippen LogP contribution in [0.2, 0.25) is 0 Å². The molecule has 0 radical (unpaired) electrons. The number of carbonyl (C=O) groups excluding carboxylic acids is 1. The third-order valence-electron chi connectivity index (χ3n) is 5.91. The van der Waals surface area contributed by atoms with Gasteiger partial charge in [0.1, 0.15) is 11.3 Å². The molecule has 0 atom stereocenters. The van der Waals surface area contributed by atoms with Crippen molar-refractivity contribution < 1.29 is 4.79 Å². The van der Waals surface area contributed by atoms with Gasteiger partial charge in [0.05, 0.1) is 0 Å². The maximum absolute atomic E-state index is 12.7. The Bertz CT molecular complexity index is 1360. The van der Waals surface area contributed by atoms with Crippen LogP contribution in [0.4, 0.5) is 10.5 Å². The lowest BCUT2D eigenvalue weighted by Crippen LogP contribution is -2.36. The van der Waals surface area contributed by atoms with E-state index in [0.29, 0.717) is 0 Å². The van der Waals surface area contributed by atoms with Crippen molar-refractivity contribution in [2.75, 3.05) is 11.9 Å². The van der Waals surface area contributed by atoms with Gasteiger partial charge < -0.3 is 10.3 Å². The van der Waals surface area contributed by atoms with Crippen LogP contribution in [0.5, 0.6) is 0 Å². The summed E-state index contributed by atoms with van der Waals surface area (Å²) in [7, 11) is 1.77. The summed E-state index contributed by atoms with van der Waals surface area (Å²) >= 11 is 0. The molecule has 0 bridgehead atoms. The van der Waals surface area contributed by atoms with E-state index in [1.54, 1.807) is 11.9 Å². The molecule has 1 aromatic carbocycles. The lowest BCUT2D eigenvalue weighted by molar-refractivity contribution is 0.250. The number of H-pyrrole nitrogens is 1. The average Bonchev–Trinajstić information content (AvgIpc) is 3.51. The number of pyridine rings is 1. The predicted octanol–water partition coefficient (Wildman–Crippen LogP) is 5.49. The van der Waals surface area contributed by atoms with Gasteiger partial charge in [0.15, 0.2) is 0 Å². The van der Waals surface area contributed by atoms with Crippen molar-refractivity contribution >= 4 is 22.8 Å². The second kappa shape index (κ2) is 8.78. The topological polar surface area (TPSA) is 78.8 Å². The number of nitrogens with zero attached hydrogens (tertiary/aromatic N) is 4. The third-order valence-corrected chi connectivity index (χ3v) is 5.91. The van der Waals surface area contributed by atoms with Gasteiger partial charge in [-0.15, -0.1) is 0 Å². The van der Waals surface area contributed by atoms with Crippen LogP contribution in [-0.2, 0) is 6.54 Å². The number of rotatable bonds is 5. The molecule has 33 heavy (non-hydrogen) atoms. The second-order valence-electron chi connectivity index (χ2n) is 8.02. The van der Waals surface area contributed by atoms with Crippen LogP contribution in [0.1, 0.15) is 19.8 Å². The van der Waals surface area contributed by atoms with Crippen LogP contribution < -0.4 is 10.2 Å². The molecular formula is C26H26N6O.